The van der Waals surface area contributed by atoms with E-state index in [0.717, 1.165) is 5.39 Å². The fraction of sp³-hybridized carbons (Fsp3) is 0.0909. The maximum Gasteiger partial charge on any atom is 0.137 e. The van der Waals surface area contributed by atoms with Crippen LogP contribution in [0.5, 0.6) is 5.75 Å². The third kappa shape index (κ3) is 1.60. The van der Waals surface area contributed by atoms with Crippen LogP contribution in [0.15, 0.2) is 24.4 Å². The van der Waals surface area contributed by atoms with E-state index in [1.165, 1.54) is 7.11 Å². The summed E-state index contributed by atoms with van der Waals surface area (Å²) in [5.74, 6) is 0.514. The molecule has 1 aromatic heterocycles. The van der Waals surface area contributed by atoms with Gasteiger partial charge >= 0.3 is 0 Å². The quantitative estimate of drug-likeness (QED) is 0.740. The molecule has 3 nitrogen and oxygen atoms in total. The number of hydrogen-bond donors (Lipinski definition) is 0. The number of fused-ring (bicyclic) bond motifs is 1. The van der Waals surface area contributed by atoms with Crippen LogP contribution in [0, 0.1) is 11.3 Å². The topological polar surface area (TPSA) is 45.9 Å². The van der Waals surface area contributed by atoms with Crippen molar-refractivity contribution in [1.82, 2.24) is 4.98 Å². The van der Waals surface area contributed by atoms with Crippen LogP contribution in [-0.4, -0.2) is 12.1 Å². The first kappa shape index (κ1) is 9.75. The van der Waals surface area contributed by atoms with E-state index in [9.17, 15) is 0 Å². The Hall–Kier alpha value is -1.79. The molecule has 2 aromatic rings. The molecule has 1 heterocycles. The summed E-state index contributed by atoms with van der Waals surface area (Å²) in [6.07, 6.45) is 1.61. The lowest BCUT2D eigenvalue weighted by Crippen LogP contribution is -1.89. The van der Waals surface area contributed by atoms with Crippen molar-refractivity contribution >= 4 is 22.5 Å². The van der Waals surface area contributed by atoms with Gasteiger partial charge in [-0.1, -0.05) is 11.6 Å². The molecule has 0 aliphatic carbocycles. The van der Waals surface area contributed by atoms with Crippen molar-refractivity contribution in [1.29, 1.82) is 5.26 Å². The van der Waals surface area contributed by atoms with Gasteiger partial charge < -0.3 is 4.74 Å². The molecule has 0 N–H and O–H groups in total. The highest BCUT2D eigenvalue weighted by atomic mass is 35.5. The lowest BCUT2D eigenvalue weighted by molar-refractivity contribution is 0.414. The summed E-state index contributed by atoms with van der Waals surface area (Å²) in [4.78, 5) is 4.13. The zero-order valence-corrected chi connectivity index (χ0v) is 8.75. The van der Waals surface area contributed by atoms with Gasteiger partial charge in [-0.25, -0.2) is 0 Å². The third-order valence-corrected chi connectivity index (χ3v) is 2.46. The van der Waals surface area contributed by atoms with E-state index in [1.54, 1.807) is 24.4 Å². The Labute approximate surface area is 91.9 Å². The van der Waals surface area contributed by atoms with Gasteiger partial charge in [-0.15, -0.1) is 0 Å². The van der Waals surface area contributed by atoms with Crippen molar-refractivity contribution in [2.24, 2.45) is 0 Å². The zero-order chi connectivity index (χ0) is 10.8. The summed E-state index contributed by atoms with van der Waals surface area (Å²) >= 11 is 6.00. The minimum Gasteiger partial charge on any atom is -0.495 e. The second-order valence-corrected chi connectivity index (χ2v) is 3.38. The third-order valence-electron chi connectivity index (χ3n) is 2.13. The highest BCUT2D eigenvalue weighted by molar-refractivity contribution is 6.35. The Bertz CT molecular complexity index is 560. The van der Waals surface area contributed by atoms with Gasteiger partial charge in [-0.3, -0.25) is 4.98 Å². The van der Waals surface area contributed by atoms with Gasteiger partial charge in [0.2, 0.25) is 0 Å². The predicted molar refractivity (Wildman–Crippen MR) is 58.0 cm³/mol. The first-order chi connectivity index (χ1) is 7.26. The van der Waals surface area contributed by atoms with Gasteiger partial charge in [0.25, 0.3) is 0 Å². The van der Waals surface area contributed by atoms with Crippen LogP contribution in [0.2, 0.25) is 5.02 Å². The molecule has 4 heteroatoms. The lowest BCUT2D eigenvalue weighted by atomic mass is 10.1. The molecule has 0 spiro atoms. The summed E-state index contributed by atoms with van der Waals surface area (Å²) in [5.41, 5.74) is 1.15. The Balaban J connectivity index is 2.83. The molecule has 1 aromatic carbocycles. The SMILES string of the molecule is COc1cc2c(Cl)ccnc2cc1C#N. The molecule has 15 heavy (non-hydrogen) atoms. The number of nitrogens with zero attached hydrogens (tertiary/aromatic N) is 2. The van der Waals surface area contributed by atoms with E-state index < -0.39 is 0 Å². The Morgan fingerprint density at radius 1 is 1.47 bits per heavy atom. The summed E-state index contributed by atoms with van der Waals surface area (Å²) in [5, 5.41) is 10.3. The highest BCUT2D eigenvalue weighted by Crippen LogP contribution is 2.28. The van der Waals surface area contributed by atoms with E-state index in [-0.39, 0.29) is 0 Å². The fourth-order valence-corrected chi connectivity index (χ4v) is 1.60. The minimum absolute atomic E-state index is 0.458. The molecule has 0 unspecified atom stereocenters. The molecule has 0 saturated heterocycles. The van der Waals surface area contributed by atoms with Crippen molar-refractivity contribution in [2.75, 3.05) is 7.11 Å². The average molecular weight is 219 g/mol. The lowest BCUT2D eigenvalue weighted by Gasteiger charge is -2.05. The molecule has 0 aliphatic heterocycles. The van der Waals surface area contributed by atoms with Gasteiger partial charge in [0, 0.05) is 11.6 Å². The van der Waals surface area contributed by atoms with Gasteiger partial charge in [0.05, 0.1) is 23.2 Å². The van der Waals surface area contributed by atoms with Crippen LogP contribution in [0.25, 0.3) is 10.9 Å². The smallest absolute Gasteiger partial charge is 0.137 e. The van der Waals surface area contributed by atoms with Crippen LogP contribution in [0.3, 0.4) is 0 Å². The molecule has 0 aliphatic rings. The number of halogens is 1. The van der Waals surface area contributed by atoms with Crippen LogP contribution in [-0.2, 0) is 0 Å². The number of methoxy groups -OCH3 is 1. The van der Waals surface area contributed by atoms with Crippen LogP contribution < -0.4 is 4.74 Å². The molecule has 0 atom stereocenters. The first-order valence-electron chi connectivity index (χ1n) is 4.28. The predicted octanol–water partition coefficient (Wildman–Crippen LogP) is 2.77. The summed E-state index contributed by atoms with van der Waals surface area (Å²) in [6, 6.07) is 7.15. The van der Waals surface area contributed by atoms with Crippen LogP contribution in [0.4, 0.5) is 0 Å². The Morgan fingerprint density at radius 2 is 2.27 bits per heavy atom. The van der Waals surface area contributed by atoms with Crippen molar-refractivity contribution in [3.05, 3.63) is 35.0 Å². The van der Waals surface area contributed by atoms with E-state index in [2.05, 4.69) is 11.1 Å². The van der Waals surface area contributed by atoms with Gasteiger partial charge in [-0.2, -0.15) is 5.26 Å². The number of ether oxygens (including phenoxy) is 1. The van der Waals surface area contributed by atoms with E-state index in [1.807, 2.05) is 0 Å². The van der Waals surface area contributed by atoms with Crippen molar-refractivity contribution < 1.29 is 4.74 Å². The molecule has 74 valence electrons. The number of pyridine rings is 1. The molecule has 0 radical (unpaired) electrons. The summed E-state index contributed by atoms with van der Waals surface area (Å²) < 4.78 is 5.09. The zero-order valence-electron chi connectivity index (χ0n) is 7.99. The standard InChI is InChI=1S/C11H7ClN2O/c1-15-11-5-8-9(12)2-3-14-10(8)4-7(11)6-13/h2-5H,1H3. The Kier molecular flexibility index (Phi) is 2.44. The summed E-state index contributed by atoms with van der Waals surface area (Å²) in [6.45, 7) is 0. The largest absolute Gasteiger partial charge is 0.495 e. The molecule has 0 amide bonds. The monoisotopic (exact) mass is 218 g/mol. The maximum absolute atomic E-state index is 8.89. The highest BCUT2D eigenvalue weighted by Gasteiger charge is 2.07. The van der Waals surface area contributed by atoms with E-state index >= 15 is 0 Å². The molecule has 0 saturated carbocycles. The molecular formula is C11H7ClN2O. The molecular weight excluding hydrogens is 212 g/mol. The average Bonchev–Trinajstić information content (AvgIpc) is 2.28. The Morgan fingerprint density at radius 3 is 2.93 bits per heavy atom. The second kappa shape index (κ2) is 3.76. The van der Waals surface area contributed by atoms with E-state index in [0.29, 0.717) is 21.9 Å². The number of nitriles is 1. The van der Waals surface area contributed by atoms with E-state index in [4.69, 9.17) is 21.6 Å². The number of benzene rings is 1. The van der Waals surface area contributed by atoms with Crippen molar-refractivity contribution in [3.8, 4) is 11.8 Å². The number of hydrogen-bond acceptors (Lipinski definition) is 3. The van der Waals surface area contributed by atoms with Crippen LogP contribution in [0.1, 0.15) is 5.56 Å². The summed E-state index contributed by atoms with van der Waals surface area (Å²) in [7, 11) is 1.52. The normalized spacial score (nSPS) is 9.93. The van der Waals surface area contributed by atoms with Crippen molar-refractivity contribution in [2.45, 2.75) is 0 Å². The minimum atomic E-state index is 0.458. The number of aromatic nitrogens is 1. The van der Waals surface area contributed by atoms with Gasteiger partial charge in [0.1, 0.15) is 11.8 Å². The fourth-order valence-electron chi connectivity index (χ4n) is 1.40. The van der Waals surface area contributed by atoms with Crippen LogP contribution >= 0.6 is 11.6 Å². The van der Waals surface area contributed by atoms with Gasteiger partial charge in [-0.05, 0) is 18.2 Å². The van der Waals surface area contributed by atoms with Gasteiger partial charge in [0.15, 0.2) is 0 Å². The second-order valence-electron chi connectivity index (χ2n) is 2.97. The number of rotatable bonds is 1. The molecule has 0 bridgehead atoms. The first-order valence-corrected chi connectivity index (χ1v) is 4.66. The van der Waals surface area contributed by atoms with Crippen molar-refractivity contribution in [3.63, 3.8) is 0 Å². The molecule has 0 fully saturated rings. The maximum atomic E-state index is 8.89. The molecule has 2 rings (SSSR count).